The minimum atomic E-state index is -0.290. The lowest BCUT2D eigenvalue weighted by atomic mass is 10.1. The van der Waals surface area contributed by atoms with Gasteiger partial charge in [-0.1, -0.05) is 42.5 Å². The summed E-state index contributed by atoms with van der Waals surface area (Å²) >= 11 is 2.27. The molecule has 0 bridgehead atoms. The molecule has 5 heteroatoms. The zero-order chi connectivity index (χ0) is 13.9. The highest BCUT2D eigenvalue weighted by Crippen LogP contribution is 2.20. The van der Waals surface area contributed by atoms with Crippen LogP contribution >= 0.6 is 22.6 Å². The average Bonchev–Trinajstić information content (AvgIpc) is 2.98. The molecule has 1 atom stereocenters. The van der Waals surface area contributed by atoms with Crippen LogP contribution in [0.2, 0.25) is 0 Å². The highest BCUT2D eigenvalue weighted by molar-refractivity contribution is 14.1. The van der Waals surface area contributed by atoms with Gasteiger partial charge in [0.1, 0.15) is 5.82 Å². The van der Waals surface area contributed by atoms with E-state index in [9.17, 15) is 0 Å². The molecule has 3 N–H and O–H groups in total. The van der Waals surface area contributed by atoms with Crippen molar-refractivity contribution in [3.05, 3.63) is 69.6 Å². The number of aromatic amines is 1. The van der Waals surface area contributed by atoms with E-state index in [-0.39, 0.29) is 6.04 Å². The van der Waals surface area contributed by atoms with Crippen molar-refractivity contribution in [1.29, 1.82) is 0 Å². The molecule has 20 heavy (non-hydrogen) atoms. The van der Waals surface area contributed by atoms with Crippen LogP contribution in [0, 0.1) is 3.57 Å². The first-order chi connectivity index (χ1) is 9.74. The first kappa shape index (κ1) is 13.3. The molecule has 3 rings (SSSR count). The molecule has 3 aromatic rings. The van der Waals surface area contributed by atoms with Crippen molar-refractivity contribution in [3.8, 4) is 11.4 Å². The van der Waals surface area contributed by atoms with Crippen LogP contribution in [0.25, 0.3) is 11.4 Å². The summed E-state index contributed by atoms with van der Waals surface area (Å²) in [6.07, 6.45) is 0. The molecule has 1 heterocycles. The van der Waals surface area contributed by atoms with Gasteiger partial charge >= 0.3 is 0 Å². The third-order valence-corrected chi connectivity index (χ3v) is 3.78. The summed E-state index contributed by atoms with van der Waals surface area (Å²) in [5.41, 5.74) is 8.19. The highest BCUT2D eigenvalue weighted by Gasteiger charge is 2.14. The Balaban J connectivity index is 1.89. The fourth-order valence-corrected chi connectivity index (χ4v) is 2.32. The predicted octanol–water partition coefficient (Wildman–Crippen LogP) is 3.12. The normalized spacial score (nSPS) is 12.3. The maximum absolute atomic E-state index is 6.20. The van der Waals surface area contributed by atoms with Crippen molar-refractivity contribution >= 4 is 22.6 Å². The fourth-order valence-electron chi connectivity index (χ4n) is 1.96. The molecule has 100 valence electrons. The number of halogens is 1. The van der Waals surface area contributed by atoms with Crippen LogP contribution in [0.5, 0.6) is 0 Å². The number of hydrogen-bond donors (Lipinski definition) is 2. The molecular weight excluding hydrogens is 363 g/mol. The Morgan fingerprint density at radius 3 is 2.40 bits per heavy atom. The second-order valence-electron chi connectivity index (χ2n) is 4.44. The van der Waals surface area contributed by atoms with Crippen molar-refractivity contribution in [2.45, 2.75) is 6.04 Å². The Labute approximate surface area is 130 Å². The van der Waals surface area contributed by atoms with Crippen molar-refractivity contribution in [1.82, 2.24) is 15.2 Å². The molecule has 0 spiro atoms. The molecule has 0 unspecified atom stereocenters. The van der Waals surface area contributed by atoms with Gasteiger partial charge in [0.05, 0.1) is 6.04 Å². The Bertz CT molecular complexity index is 691. The quantitative estimate of drug-likeness (QED) is 0.691. The predicted molar refractivity (Wildman–Crippen MR) is 87.0 cm³/mol. The summed E-state index contributed by atoms with van der Waals surface area (Å²) in [5, 5.41) is 7.17. The second kappa shape index (κ2) is 5.72. The van der Waals surface area contributed by atoms with Crippen molar-refractivity contribution in [2.75, 3.05) is 0 Å². The molecule has 2 aromatic carbocycles. The van der Waals surface area contributed by atoms with Gasteiger partial charge in [0.25, 0.3) is 0 Å². The molecule has 0 saturated heterocycles. The van der Waals surface area contributed by atoms with Gasteiger partial charge in [0, 0.05) is 9.13 Å². The first-order valence-electron chi connectivity index (χ1n) is 6.23. The Morgan fingerprint density at radius 2 is 1.70 bits per heavy atom. The van der Waals surface area contributed by atoms with E-state index in [1.54, 1.807) is 0 Å². The number of rotatable bonds is 3. The summed E-state index contributed by atoms with van der Waals surface area (Å²) < 4.78 is 1.18. The molecule has 1 aromatic heterocycles. The topological polar surface area (TPSA) is 67.6 Å². The second-order valence-corrected chi connectivity index (χ2v) is 5.69. The van der Waals surface area contributed by atoms with Crippen molar-refractivity contribution < 1.29 is 0 Å². The fraction of sp³-hybridized carbons (Fsp3) is 0.0667. The molecule has 0 aliphatic carbocycles. The van der Waals surface area contributed by atoms with Crippen molar-refractivity contribution in [2.24, 2.45) is 5.73 Å². The van der Waals surface area contributed by atoms with Crippen LogP contribution in [0.4, 0.5) is 0 Å². The third kappa shape index (κ3) is 2.73. The van der Waals surface area contributed by atoms with E-state index in [0.717, 1.165) is 11.1 Å². The number of aromatic nitrogens is 3. The maximum atomic E-state index is 6.20. The zero-order valence-electron chi connectivity index (χ0n) is 10.6. The number of nitrogens with one attached hydrogen (secondary N) is 1. The molecule has 0 fully saturated rings. The van der Waals surface area contributed by atoms with Gasteiger partial charge in [-0.15, -0.1) is 0 Å². The first-order valence-corrected chi connectivity index (χ1v) is 7.30. The standard InChI is InChI=1S/C15H13IN4/c16-12-8-6-11(7-9-12)14-18-15(20-19-14)13(17)10-4-2-1-3-5-10/h1-9,13H,17H2,(H,18,19,20)/t13-/m0/s1. The number of benzene rings is 2. The van der Waals surface area contributed by atoms with Crippen molar-refractivity contribution in [3.63, 3.8) is 0 Å². The SMILES string of the molecule is N[C@@H](c1ccccc1)c1nc(-c2ccc(I)cc2)n[nH]1. The van der Waals surface area contributed by atoms with E-state index in [4.69, 9.17) is 5.73 Å². The summed E-state index contributed by atoms with van der Waals surface area (Å²) in [7, 11) is 0. The number of hydrogen-bond acceptors (Lipinski definition) is 3. The highest BCUT2D eigenvalue weighted by atomic mass is 127. The molecule has 0 radical (unpaired) electrons. The van der Waals surface area contributed by atoms with Crippen LogP contribution in [-0.2, 0) is 0 Å². The molecule has 4 nitrogen and oxygen atoms in total. The van der Waals surface area contributed by atoms with Crippen LogP contribution < -0.4 is 5.73 Å². The van der Waals surface area contributed by atoms with Gasteiger partial charge in [0.2, 0.25) is 0 Å². The van der Waals surface area contributed by atoms with E-state index < -0.39 is 0 Å². The third-order valence-electron chi connectivity index (χ3n) is 3.06. The van der Waals surface area contributed by atoms with Gasteiger partial charge in [-0.05, 0) is 40.3 Å². The Morgan fingerprint density at radius 1 is 1.00 bits per heavy atom. The summed E-state index contributed by atoms with van der Waals surface area (Å²) in [6, 6.07) is 17.6. The van der Waals surface area contributed by atoms with Gasteiger partial charge in [-0.25, -0.2) is 4.98 Å². The maximum Gasteiger partial charge on any atom is 0.181 e. The molecule has 0 amide bonds. The lowest BCUT2D eigenvalue weighted by Crippen LogP contribution is -2.13. The number of nitrogens with zero attached hydrogens (tertiary/aromatic N) is 2. The lowest BCUT2D eigenvalue weighted by molar-refractivity contribution is 0.787. The van der Waals surface area contributed by atoms with E-state index in [1.165, 1.54) is 3.57 Å². The lowest BCUT2D eigenvalue weighted by Gasteiger charge is -2.07. The van der Waals surface area contributed by atoms with Crippen LogP contribution in [0.1, 0.15) is 17.4 Å². The van der Waals surface area contributed by atoms with Gasteiger partial charge < -0.3 is 5.73 Å². The molecule has 0 aliphatic heterocycles. The Kier molecular flexibility index (Phi) is 3.79. The van der Waals surface area contributed by atoms with Crippen LogP contribution in [0.15, 0.2) is 54.6 Å². The van der Waals surface area contributed by atoms with Gasteiger partial charge in [-0.2, -0.15) is 5.10 Å². The van der Waals surface area contributed by atoms with Gasteiger partial charge in [0.15, 0.2) is 5.82 Å². The summed E-state index contributed by atoms with van der Waals surface area (Å²) in [6.45, 7) is 0. The van der Waals surface area contributed by atoms with Crippen LogP contribution in [-0.4, -0.2) is 15.2 Å². The largest absolute Gasteiger partial charge is 0.318 e. The molecular formula is C15H13IN4. The van der Waals surface area contributed by atoms with Crippen LogP contribution in [0.3, 0.4) is 0 Å². The minimum Gasteiger partial charge on any atom is -0.318 e. The zero-order valence-corrected chi connectivity index (χ0v) is 12.8. The summed E-state index contributed by atoms with van der Waals surface area (Å²) in [4.78, 5) is 4.49. The number of H-pyrrole nitrogens is 1. The molecule has 0 saturated carbocycles. The molecule has 0 aliphatic rings. The monoisotopic (exact) mass is 376 g/mol. The minimum absolute atomic E-state index is 0.290. The Hall–Kier alpha value is -1.73. The van der Waals surface area contributed by atoms with Gasteiger partial charge in [-0.3, -0.25) is 5.10 Å². The number of nitrogens with two attached hydrogens (primary N) is 1. The summed E-state index contributed by atoms with van der Waals surface area (Å²) in [5.74, 6) is 1.34. The van der Waals surface area contributed by atoms with E-state index in [0.29, 0.717) is 11.6 Å². The van der Waals surface area contributed by atoms with E-state index in [2.05, 4.69) is 37.8 Å². The van der Waals surface area contributed by atoms with E-state index in [1.807, 2.05) is 54.6 Å². The smallest absolute Gasteiger partial charge is 0.181 e. The average molecular weight is 376 g/mol. The van der Waals surface area contributed by atoms with E-state index >= 15 is 0 Å².